The Hall–Kier alpha value is -0.870. The van der Waals surface area contributed by atoms with Crippen LogP contribution in [-0.4, -0.2) is 29.2 Å². The number of nitrogens with one attached hydrogen (secondary N) is 2. The van der Waals surface area contributed by atoms with Crippen LogP contribution in [-0.2, 0) is 11.3 Å². The van der Waals surface area contributed by atoms with E-state index >= 15 is 0 Å². The van der Waals surface area contributed by atoms with Crippen molar-refractivity contribution in [2.24, 2.45) is 0 Å². The first kappa shape index (κ1) is 10.6. The molecule has 1 saturated carbocycles. The Labute approximate surface area is 90.4 Å². The summed E-state index contributed by atoms with van der Waals surface area (Å²) in [7, 11) is 0. The van der Waals surface area contributed by atoms with Gasteiger partial charge in [-0.1, -0.05) is 12.8 Å². The molecule has 2 N–H and O–H groups in total. The summed E-state index contributed by atoms with van der Waals surface area (Å²) in [5.41, 5.74) is 1.12. The van der Waals surface area contributed by atoms with E-state index in [-0.39, 0.29) is 0 Å². The first-order valence-corrected chi connectivity index (χ1v) is 5.75. The highest BCUT2D eigenvalue weighted by atomic mass is 16.5. The van der Waals surface area contributed by atoms with Gasteiger partial charge < -0.3 is 15.0 Å². The lowest BCUT2D eigenvalue weighted by Crippen LogP contribution is -2.22. The minimum Gasteiger partial charge on any atom is -0.377 e. The third-order valence-electron chi connectivity index (χ3n) is 2.80. The van der Waals surface area contributed by atoms with Crippen molar-refractivity contribution in [2.75, 3.05) is 13.2 Å². The standard InChI is InChI=1S/C11H19N3O/c1-2-4-11(3-1)15-6-5-12-7-10-8-13-9-14-10/h8-9,11-12H,1-7H2,(H,13,14). The molecule has 0 radical (unpaired) electrons. The molecule has 0 bridgehead atoms. The molecular weight excluding hydrogens is 190 g/mol. The number of imidazole rings is 1. The predicted molar refractivity (Wildman–Crippen MR) is 58.5 cm³/mol. The number of hydrogen-bond donors (Lipinski definition) is 2. The number of aromatic amines is 1. The molecule has 1 fully saturated rings. The summed E-state index contributed by atoms with van der Waals surface area (Å²) in [5.74, 6) is 0. The van der Waals surface area contributed by atoms with E-state index in [9.17, 15) is 0 Å². The average molecular weight is 209 g/mol. The Morgan fingerprint density at radius 2 is 2.33 bits per heavy atom. The van der Waals surface area contributed by atoms with E-state index in [0.717, 1.165) is 25.4 Å². The first-order chi connectivity index (χ1) is 7.45. The minimum absolute atomic E-state index is 0.527. The molecule has 0 amide bonds. The van der Waals surface area contributed by atoms with Gasteiger partial charge in [-0.3, -0.25) is 0 Å². The molecule has 1 aliphatic rings. The number of rotatable bonds is 6. The lowest BCUT2D eigenvalue weighted by molar-refractivity contribution is 0.0602. The van der Waals surface area contributed by atoms with Crippen LogP contribution in [0.4, 0.5) is 0 Å². The Morgan fingerprint density at radius 1 is 1.47 bits per heavy atom. The van der Waals surface area contributed by atoms with Crippen molar-refractivity contribution in [3.8, 4) is 0 Å². The summed E-state index contributed by atoms with van der Waals surface area (Å²) in [6.07, 6.45) is 9.25. The first-order valence-electron chi connectivity index (χ1n) is 5.75. The Bertz CT molecular complexity index is 255. The average Bonchev–Trinajstić information content (AvgIpc) is 2.88. The van der Waals surface area contributed by atoms with Crippen LogP contribution in [0.15, 0.2) is 12.5 Å². The summed E-state index contributed by atoms with van der Waals surface area (Å²) in [6.45, 7) is 2.57. The van der Waals surface area contributed by atoms with Gasteiger partial charge >= 0.3 is 0 Å². The van der Waals surface area contributed by atoms with E-state index in [1.54, 1.807) is 6.33 Å². The van der Waals surface area contributed by atoms with Crippen molar-refractivity contribution in [2.45, 2.75) is 38.3 Å². The molecule has 15 heavy (non-hydrogen) atoms. The smallest absolute Gasteiger partial charge is 0.0922 e. The van der Waals surface area contributed by atoms with Crippen LogP contribution in [0.25, 0.3) is 0 Å². The van der Waals surface area contributed by atoms with Gasteiger partial charge in [-0.05, 0) is 12.8 Å². The highest BCUT2D eigenvalue weighted by Gasteiger charge is 2.14. The monoisotopic (exact) mass is 209 g/mol. The van der Waals surface area contributed by atoms with Crippen LogP contribution in [0.5, 0.6) is 0 Å². The van der Waals surface area contributed by atoms with Crippen LogP contribution < -0.4 is 5.32 Å². The molecule has 0 spiro atoms. The Balaban J connectivity index is 1.48. The second-order valence-corrected chi connectivity index (χ2v) is 4.03. The normalized spacial score (nSPS) is 17.3. The quantitative estimate of drug-likeness (QED) is 0.697. The summed E-state index contributed by atoms with van der Waals surface area (Å²) in [6, 6.07) is 0. The second-order valence-electron chi connectivity index (χ2n) is 4.03. The van der Waals surface area contributed by atoms with Crippen LogP contribution in [0.2, 0.25) is 0 Å². The van der Waals surface area contributed by atoms with Gasteiger partial charge in [0.2, 0.25) is 0 Å². The lowest BCUT2D eigenvalue weighted by Gasteiger charge is -2.10. The highest BCUT2D eigenvalue weighted by molar-refractivity contribution is 4.92. The molecule has 0 unspecified atom stereocenters. The van der Waals surface area contributed by atoms with Gasteiger partial charge in [0.1, 0.15) is 0 Å². The van der Waals surface area contributed by atoms with Crippen molar-refractivity contribution in [3.63, 3.8) is 0 Å². The Kier molecular flexibility index (Phi) is 4.17. The molecule has 1 aliphatic carbocycles. The summed E-state index contributed by atoms with van der Waals surface area (Å²) < 4.78 is 5.73. The zero-order chi connectivity index (χ0) is 10.3. The van der Waals surface area contributed by atoms with E-state index < -0.39 is 0 Å². The van der Waals surface area contributed by atoms with Gasteiger partial charge in [0, 0.05) is 25.0 Å². The fourth-order valence-electron chi connectivity index (χ4n) is 1.96. The largest absolute Gasteiger partial charge is 0.377 e. The van der Waals surface area contributed by atoms with Crippen molar-refractivity contribution < 1.29 is 4.74 Å². The van der Waals surface area contributed by atoms with E-state index in [0.29, 0.717) is 6.10 Å². The number of nitrogens with zero attached hydrogens (tertiary/aromatic N) is 1. The van der Waals surface area contributed by atoms with Gasteiger partial charge in [0.05, 0.1) is 19.0 Å². The van der Waals surface area contributed by atoms with Gasteiger partial charge in [-0.2, -0.15) is 0 Å². The van der Waals surface area contributed by atoms with Crippen LogP contribution >= 0.6 is 0 Å². The molecule has 4 heteroatoms. The van der Waals surface area contributed by atoms with Crippen molar-refractivity contribution in [1.29, 1.82) is 0 Å². The maximum atomic E-state index is 5.73. The third kappa shape index (κ3) is 3.64. The molecule has 0 atom stereocenters. The fraction of sp³-hybridized carbons (Fsp3) is 0.727. The van der Waals surface area contributed by atoms with E-state index in [4.69, 9.17) is 4.74 Å². The third-order valence-corrected chi connectivity index (χ3v) is 2.80. The van der Waals surface area contributed by atoms with E-state index in [2.05, 4.69) is 15.3 Å². The molecule has 1 heterocycles. The number of H-pyrrole nitrogens is 1. The van der Waals surface area contributed by atoms with Gasteiger partial charge in [-0.25, -0.2) is 4.98 Å². The molecule has 0 aromatic carbocycles. The maximum absolute atomic E-state index is 5.73. The van der Waals surface area contributed by atoms with Crippen molar-refractivity contribution >= 4 is 0 Å². The highest BCUT2D eigenvalue weighted by Crippen LogP contribution is 2.20. The van der Waals surface area contributed by atoms with Crippen molar-refractivity contribution in [1.82, 2.24) is 15.3 Å². The second kappa shape index (κ2) is 5.88. The topological polar surface area (TPSA) is 49.9 Å². The molecular formula is C11H19N3O. The zero-order valence-corrected chi connectivity index (χ0v) is 9.04. The van der Waals surface area contributed by atoms with Gasteiger partial charge in [-0.15, -0.1) is 0 Å². The van der Waals surface area contributed by atoms with Gasteiger partial charge in [0.25, 0.3) is 0 Å². The number of hydrogen-bond acceptors (Lipinski definition) is 3. The van der Waals surface area contributed by atoms with Crippen LogP contribution in [0.1, 0.15) is 31.4 Å². The number of ether oxygens (including phenoxy) is 1. The van der Waals surface area contributed by atoms with Crippen LogP contribution in [0.3, 0.4) is 0 Å². The van der Waals surface area contributed by atoms with E-state index in [1.807, 2.05) is 6.20 Å². The molecule has 0 saturated heterocycles. The molecule has 84 valence electrons. The summed E-state index contributed by atoms with van der Waals surface area (Å²) in [5, 5.41) is 3.32. The molecule has 1 aromatic heterocycles. The molecule has 0 aliphatic heterocycles. The van der Waals surface area contributed by atoms with Gasteiger partial charge in [0.15, 0.2) is 0 Å². The van der Waals surface area contributed by atoms with Crippen molar-refractivity contribution in [3.05, 3.63) is 18.2 Å². The minimum atomic E-state index is 0.527. The SMILES string of the molecule is c1ncc(CNCCOC2CCCC2)[nH]1. The molecule has 2 rings (SSSR count). The summed E-state index contributed by atoms with van der Waals surface area (Å²) >= 11 is 0. The zero-order valence-electron chi connectivity index (χ0n) is 9.04. The lowest BCUT2D eigenvalue weighted by atomic mass is 10.3. The Morgan fingerprint density at radius 3 is 3.07 bits per heavy atom. The predicted octanol–water partition coefficient (Wildman–Crippen LogP) is 1.46. The maximum Gasteiger partial charge on any atom is 0.0922 e. The fourth-order valence-corrected chi connectivity index (χ4v) is 1.96. The summed E-state index contributed by atoms with van der Waals surface area (Å²) in [4.78, 5) is 7.01. The number of aromatic nitrogens is 2. The van der Waals surface area contributed by atoms with Crippen LogP contribution in [0, 0.1) is 0 Å². The molecule has 4 nitrogen and oxygen atoms in total. The molecule has 1 aromatic rings. The van der Waals surface area contributed by atoms with E-state index in [1.165, 1.54) is 25.7 Å².